The van der Waals surface area contributed by atoms with E-state index in [1.807, 2.05) is 0 Å². The molecule has 5 nitrogen and oxygen atoms in total. The summed E-state index contributed by atoms with van der Waals surface area (Å²) >= 11 is 0. The number of aliphatic hydroxyl groups is 1. The molecule has 0 aliphatic rings. The van der Waals surface area contributed by atoms with Crippen molar-refractivity contribution in [3.05, 3.63) is 12.2 Å². The Hall–Kier alpha value is -1.36. The highest BCUT2D eigenvalue weighted by molar-refractivity contribution is 5.93. The van der Waals surface area contributed by atoms with Crippen LogP contribution in [0.1, 0.15) is 13.3 Å². The van der Waals surface area contributed by atoms with E-state index in [0.717, 1.165) is 0 Å². The highest BCUT2D eigenvalue weighted by atomic mass is 16.4. The van der Waals surface area contributed by atoms with Gasteiger partial charge in [-0.1, -0.05) is 6.58 Å². The van der Waals surface area contributed by atoms with Gasteiger partial charge in [0.2, 0.25) is 0 Å². The number of rotatable bonds is 5. The molecule has 0 heterocycles. The summed E-state index contributed by atoms with van der Waals surface area (Å²) in [5, 5.41) is 26.0. The van der Waals surface area contributed by atoms with E-state index in [1.54, 1.807) is 0 Å². The largest absolute Gasteiger partial charge is 0.481 e. The third-order valence-electron chi connectivity index (χ3n) is 1.57. The summed E-state index contributed by atoms with van der Waals surface area (Å²) in [6.07, 6.45) is -1.00. The van der Waals surface area contributed by atoms with Crippen LogP contribution in [0.15, 0.2) is 12.2 Å². The summed E-state index contributed by atoms with van der Waals surface area (Å²) in [4.78, 5) is 20.9. The molecule has 0 rings (SSSR count). The van der Waals surface area contributed by atoms with Crippen molar-refractivity contribution >= 4 is 11.9 Å². The zero-order valence-electron chi connectivity index (χ0n) is 7.23. The van der Waals surface area contributed by atoms with Crippen molar-refractivity contribution in [2.45, 2.75) is 19.4 Å². The fraction of sp³-hybridized carbons (Fsp3) is 0.500. The summed E-state index contributed by atoms with van der Waals surface area (Å²) in [6.45, 7) is 4.53. The fourth-order valence-electron chi connectivity index (χ4n) is 0.882. The summed E-state index contributed by atoms with van der Waals surface area (Å²) in [5.74, 6) is -3.86. The number of aliphatic carboxylic acids is 2. The average Bonchev–Trinajstić information content (AvgIpc) is 1.97. The SMILES string of the molecule is C=C(C(=O)O)C(CC(C)O)C(=O)O. The summed E-state index contributed by atoms with van der Waals surface area (Å²) in [7, 11) is 0. The van der Waals surface area contributed by atoms with Crippen molar-refractivity contribution < 1.29 is 24.9 Å². The monoisotopic (exact) mass is 188 g/mol. The molecular weight excluding hydrogens is 176 g/mol. The van der Waals surface area contributed by atoms with E-state index in [2.05, 4.69) is 6.58 Å². The highest BCUT2D eigenvalue weighted by Gasteiger charge is 2.26. The van der Waals surface area contributed by atoms with Gasteiger partial charge in [0.05, 0.1) is 12.0 Å². The van der Waals surface area contributed by atoms with E-state index in [4.69, 9.17) is 15.3 Å². The third kappa shape index (κ3) is 3.71. The zero-order valence-corrected chi connectivity index (χ0v) is 7.23. The smallest absolute Gasteiger partial charge is 0.331 e. The molecule has 2 unspecified atom stereocenters. The Morgan fingerprint density at radius 3 is 2.08 bits per heavy atom. The second-order valence-electron chi connectivity index (χ2n) is 2.81. The molecule has 0 aromatic heterocycles. The molecule has 5 heteroatoms. The second kappa shape index (κ2) is 4.61. The van der Waals surface area contributed by atoms with Crippen molar-refractivity contribution in [3.8, 4) is 0 Å². The van der Waals surface area contributed by atoms with Crippen molar-refractivity contribution in [3.63, 3.8) is 0 Å². The molecule has 0 aromatic carbocycles. The molecule has 2 atom stereocenters. The van der Waals surface area contributed by atoms with Crippen LogP contribution in [-0.4, -0.2) is 33.4 Å². The van der Waals surface area contributed by atoms with Gasteiger partial charge < -0.3 is 15.3 Å². The van der Waals surface area contributed by atoms with Gasteiger partial charge in [0.1, 0.15) is 0 Å². The van der Waals surface area contributed by atoms with Gasteiger partial charge in [0.25, 0.3) is 0 Å². The van der Waals surface area contributed by atoms with Crippen LogP contribution in [0.25, 0.3) is 0 Å². The van der Waals surface area contributed by atoms with E-state index in [0.29, 0.717) is 0 Å². The minimum absolute atomic E-state index is 0.138. The van der Waals surface area contributed by atoms with Gasteiger partial charge in [-0.2, -0.15) is 0 Å². The van der Waals surface area contributed by atoms with Crippen molar-refractivity contribution in [2.75, 3.05) is 0 Å². The van der Waals surface area contributed by atoms with Crippen LogP contribution in [0, 0.1) is 5.92 Å². The molecular formula is C8H12O5. The molecule has 3 N–H and O–H groups in total. The van der Waals surface area contributed by atoms with E-state index in [1.165, 1.54) is 6.92 Å². The Kier molecular flexibility index (Phi) is 4.13. The topological polar surface area (TPSA) is 94.8 Å². The van der Waals surface area contributed by atoms with Crippen LogP contribution in [0.3, 0.4) is 0 Å². The van der Waals surface area contributed by atoms with E-state index in [9.17, 15) is 9.59 Å². The first-order valence-electron chi connectivity index (χ1n) is 3.69. The molecule has 74 valence electrons. The predicted octanol–water partition coefficient (Wildman–Crippen LogP) is 0.0989. The number of hydrogen-bond donors (Lipinski definition) is 3. The number of carboxylic acids is 2. The molecule has 0 amide bonds. The zero-order chi connectivity index (χ0) is 10.6. The first kappa shape index (κ1) is 11.6. The first-order chi connectivity index (χ1) is 5.86. The Morgan fingerprint density at radius 1 is 1.38 bits per heavy atom. The Morgan fingerprint density at radius 2 is 1.85 bits per heavy atom. The number of carboxylic acid groups (broad SMARTS) is 2. The quantitative estimate of drug-likeness (QED) is 0.532. The summed E-state index contributed by atoms with van der Waals surface area (Å²) < 4.78 is 0. The predicted molar refractivity (Wildman–Crippen MR) is 44.2 cm³/mol. The molecule has 0 aliphatic carbocycles. The van der Waals surface area contributed by atoms with Gasteiger partial charge in [-0.05, 0) is 13.3 Å². The van der Waals surface area contributed by atoms with Gasteiger partial charge >= 0.3 is 11.9 Å². The molecule has 0 fully saturated rings. The average molecular weight is 188 g/mol. The van der Waals surface area contributed by atoms with Crippen molar-refractivity contribution in [2.24, 2.45) is 5.92 Å². The van der Waals surface area contributed by atoms with Crippen LogP contribution in [0.5, 0.6) is 0 Å². The minimum atomic E-state index is -1.35. The lowest BCUT2D eigenvalue weighted by Gasteiger charge is -2.13. The Bertz CT molecular complexity index is 231. The lowest BCUT2D eigenvalue weighted by Crippen LogP contribution is -2.24. The number of carbonyl (C=O) groups is 2. The highest BCUT2D eigenvalue weighted by Crippen LogP contribution is 2.16. The van der Waals surface area contributed by atoms with Gasteiger partial charge in [-0.25, -0.2) is 4.79 Å². The summed E-state index contributed by atoms with van der Waals surface area (Å²) in [5.41, 5.74) is -0.409. The van der Waals surface area contributed by atoms with Gasteiger partial charge in [-0.15, -0.1) is 0 Å². The Labute approximate surface area is 75.3 Å². The van der Waals surface area contributed by atoms with Crippen LogP contribution < -0.4 is 0 Å². The first-order valence-corrected chi connectivity index (χ1v) is 3.69. The van der Waals surface area contributed by atoms with E-state index in [-0.39, 0.29) is 6.42 Å². The third-order valence-corrected chi connectivity index (χ3v) is 1.57. The normalized spacial score (nSPS) is 14.6. The molecule has 0 radical (unpaired) electrons. The van der Waals surface area contributed by atoms with Crippen LogP contribution in [0.2, 0.25) is 0 Å². The fourth-order valence-corrected chi connectivity index (χ4v) is 0.882. The maximum Gasteiger partial charge on any atom is 0.331 e. The van der Waals surface area contributed by atoms with Crippen LogP contribution in [-0.2, 0) is 9.59 Å². The molecule has 0 saturated carbocycles. The van der Waals surface area contributed by atoms with Gasteiger partial charge in [0, 0.05) is 5.57 Å². The second-order valence-corrected chi connectivity index (χ2v) is 2.81. The molecule has 0 aliphatic heterocycles. The van der Waals surface area contributed by atoms with Gasteiger partial charge in [-0.3, -0.25) is 4.79 Å². The van der Waals surface area contributed by atoms with Crippen LogP contribution >= 0.6 is 0 Å². The van der Waals surface area contributed by atoms with E-state index < -0.39 is 29.5 Å². The summed E-state index contributed by atoms with van der Waals surface area (Å²) in [6, 6.07) is 0. The maximum absolute atomic E-state index is 10.5. The van der Waals surface area contributed by atoms with E-state index >= 15 is 0 Å². The molecule has 0 bridgehead atoms. The minimum Gasteiger partial charge on any atom is -0.481 e. The molecule has 0 spiro atoms. The van der Waals surface area contributed by atoms with Crippen molar-refractivity contribution in [1.29, 1.82) is 0 Å². The standard InChI is InChI=1S/C8H12O5/c1-4(9)3-6(8(12)13)5(2)7(10)11/h4,6,9H,2-3H2,1H3,(H,10,11)(H,12,13). The lowest BCUT2D eigenvalue weighted by atomic mass is 9.94. The molecule has 0 aromatic rings. The van der Waals surface area contributed by atoms with Crippen molar-refractivity contribution in [1.82, 2.24) is 0 Å². The number of hydrogen-bond acceptors (Lipinski definition) is 3. The number of aliphatic hydroxyl groups excluding tert-OH is 1. The van der Waals surface area contributed by atoms with Crippen LogP contribution in [0.4, 0.5) is 0 Å². The Balaban J connectivity index is 4.52. The lowest BCUT2D eigenvalue weighted by molar-refractivity contribution is -0.144. The molecule has 13 heavy (non-hydrogen) atoms. The maximum atomic E-state index is 10.5. The molecule has 0 saturated heterocycles. The van der Waals surface area contributed by atoms with Gasteiger partial charge in [0.15, 0.2) is 0 Å².